The van der Waals surface area contributed by atoms with Crippen molar-refractivity contribution in [2.45, 2.75) is 149 Å². The first kappa shape index (κ1) is 50.3. The number of phosphoric acid groups is 1. The van der Waals surface area contributed by atoms with Crippen LogP contribution in [0.4, 0.5) is 0 Å². The van der Waals surface area contributed by atoms with Crippen LogP contribution in [-0.4, -0.2) is 102 Å². The standard InChI is InChI=1S/C43H66N5O11P/c1-29(2)22-37(45-43(55)39-19-15-21-48(39)32(5)51)40(52)24-34(42(54)46-38(27-49)41(53)25-36(30(3)50)31(4)59-60(56,57)58)23-35-26-44-28-47(35)20-14-9-7-6-8-11-16-33-17-12-10-13-18-33/h10,12-13,17-18,26,28-29,31,34,36-39,49H,6-9,11,14-16,19-25,27H2,1-5H3,(H,45,55)(H,46,54)(H2,56,57,58)/t31-,34-,36-,37+,38+,39+/m1/s1. The average Bonchev–Trinajstić information content (AvgIpc) is 3.86. The second-order valence-corrected chi connectivity index (χ2v) is 17.7. The SMILES string of the molecule is CC(=O)[C@@H](CC(=O)[C@H](CO)NC(=O)[C@@H](CC(=O)[C@H](CC(C)C)NC(=O)[C@@H]1CCCN1C(C)=O)Cc1cncn1CCCCCCCCc1ccccc1)[C@@H](C)OP(=O)(O)O. The Morgan fingerprint density at radius 3 is 2.17 bits per heavy atom. The number of hydrogen-bond donors (Lipinski definition) is 5. The number of nitrogens with zero attached hydrogens (tertiary/aromatic N) is 3. The second kappa shape index (κ2) is 25.0. The zero-order valence-corrected chi connectivity index (χ0v) is 36.7. The molecule has 3 rings (SSSR count). The summed E-state index contributed by atoms with van der Waals surface area (Å²) in [4.78, 5) is 104. The molecule has 2 aromatic rings. The number of aliphatic hydroxyl groups excluding tert-OH is 1. The lowest BCUT2D eigenvalue weighted by molar-refractivity contribution is -0.138. The van der Waals surface area contributed by atoms with Crippen molar-refractivity contribution in [3.05, 3.63) is 54.1 Å². The summed E-state index contributed by atoms with van der Waals surface area (Å²) in [6, 6.07) is 7.22. The molecule has 1 aromatic carbocycles. The minimum Gasteiger partial charge on any atom is -0.394 e. The Kier molecular flexibility index (Phi) is 20.9. The molecule has 5 N–H and O–H groups in total. The van der Waals surface area contributed by atoms with Crippen LogP contribution in [0.2, 0.25) is 0 Å². The Bertz CT molecular complexity index is 1760. The Morgan fingerprint density at radius 1 is 0.900 bits per heavy atom. The van der Waals surface area contributed by atoms with Gasteiger partial charge in [0.15, 0.2) is 11.6 Å². The van der Waals surface area contributed by atoms with E-state index in [-0.39, 0.29) is 31.1 Å². The molecule has 60 heavy (non-hydrogen) atoms. The number of benzene rings is 1. The Labute approximate surface area is 353 Å². The van der Waals surface area contributed by atoms with E-state index in [9.17, 15) is 48.2 Å². The lowest BCUT2D eigenvalue weighted by Gasteiger charge is -2.27. The molecule has 2 heterocycles. The number of ketones is 3. The number of hydrogen-bond acceptors (Lipinski definition) is 10. The van der Waals surface area contributed by atoms with Crippen LogP contribution in [0, 0.1) is 17.8 Å². The number of amides is 3. The van der Waals surface area contributed by atoms with Crippen molar-refractivity contribution in [3.63, 3.8) is 0 Å². The van der Waals surface area contributed by atoms with Gasteiger partial charge in [0.05, 0.1) is 36.9 Å². The molecule has 0 saturated carbocycles. The van der Waals surface area contributed by atoms with Gasteiger partial charge in [0.1, 0.15) is 17.9 Å². The number of aliphatic hydroxyl groups is 1. The number of aryl methyl sites for hydroxylation is 2. The number of unbranched alkanes of at least 4 members (excludes halogenated alkanes) is 5. The number of phosphoric ester groups is 1. The van der Waals surface area contributed by atoms with Gasteiger partial charge in [-0.1, -0.05) is 69.9 Å². The van der Waals surface area contributed by atoms with E-state index in [0.717, 1.165) is 51.9 Å². The molecule has 334 valence electrons. The van der Waals surface area contributed by atoms with E-state index in [1.807, 2.05) is 24.5 Å². The molecule has 1 fully saturated rings. The molecule has 6 atom stereocenters. The molecular formula is C43H66N5O11P. The molecule has 1 aliphatic rings. The van der Waals surface area contributed by atoms with Gasteiger partial charge in [0, 0.05) is 51.2 Å². The molecule has 0 bridgehead atoms. The van der Waals surface area contributed by atoms with Crippen LogP contribution < -0.4 is 10.6 Å². The number of rotatable bonds is 28. The Morgan fingerprint density at radius 2 is 1.55 bits per heavy atom. The normalized spacial score (nSPS) is 16.8. The van der Waals surface area contributed by atoms with Gasteiger partial charge in [0.25, 0.3) is 0 Å². The van der Waals surface area contributed by atoms with Gasteiger partial charge in [-0.05, 0) is 63.9 Å². The van der Waals surface area contributed by atoms with E-state index in [1.54, 1.807) is 12.5 Å². The molecule has 17 heteroatoms. The zero-order valence-electron chi connectivity index (χ0n) is 35.8. The van der Waals surface area contributed by atoms with Crippen LogP contribution in [0.5, 0.6) is 0 Å². The summed E-state index contributed by atoms with van der Waals surface area (Å²) >= 11 is 0. The summed E-state index contributed by atoms with van der Waals surface area (Å²) in [5.74, 6) is -5.58. The fraction of sp³-hybridized carbons (Fsp3) is 0.651. The maximum Gasteiger partial charge on any atom is 0.469 e. The van der Waals surface area contributed by atoms with E-state index in [1.165, 1.54) is 24.3 Å². The topological polar surface area (TPSA) is 235 Å². The van der Waals surface area contributed by atoms with Crippen molar-refractivity contribution in [2.24, 2.45) is 17.8 Å². The largest absolute Gasteiger partial charge is 0.469 e. The van der Waals surface area contributed by atoms with Crippen LogP contribution in [0.3, 0.4) is 0 Å². The monoisotopic (exact) mass is 859 g/mol. The second-order valence-electron chi connectivity index (χ2n) is 16.5. The molecule has 3 amide bonds. The number of likely N-dealkylation sites (tertiary alicyclic amines) is 1. The minimum absolute atomic E-state index is 0.0214. The predicted molar refractivity (Wildman–Crippen MR) is 224 cm³/mol. The third-order valence-corrected chi connectivity index (χ3v) is 11.7. The van der Waals surface area contributed by atoms with Crippen LogP contribution >= 0.6 is 7.82 Å². The number of aromatic nitrogens is 2. The third-order valence-electron chi connectivity index (χ3n) is 11.1. The Hall–Kier alpha value is -4.08. The van der Waals surface area contributed by atoms with Crippen LogP contribution in [-0.2, 0) is 57.2 Å². The van der Waals surface area contributed by atoms with Gasteiger partial charge in [-0.2, -0.15) is 0 Å². The van der Waals surface area contributed by atoms with E-state index in [4.69, 9.17) is 0 Å². The predicted octanol–water partition coefficient (Wildman–Crippen LogP) is 4.27. The number of carbonyl (C=O) groups is 6. The van der Waals surface area contributed by atoms with Gasteiger partial charge in [-0.15, -0.1) is 0 Å². The lowest BCUT2D eigenvalue weighted by atomic mass is 9.89. The van der Waals surface area contributed by atoms with Gasteiger partial charge >= 0.3 is 7.82 Å². The highest BCUT2D eigenvalue weighted by atomic mass is 31.2. The van der Waals surface area contributed by atoms with Gasteiger partial charge < -0.3 is 35.0 Å². The van der Waals surface area contributed by atoms with Crippen molar-refractivity contribution in [2.75, 3.05) is 13.2 Å². The average molecular weight is 860 g/mol. The molecule has 16 nitrogen and oxygen atoms in total. The maximum atomic E-state index is 14.1. The summed E-state index contributed by atoms with van der Waals surface area (Å²) in [5, 5.41) is 15.6. The summed E-state index contributed by atoms with van der Waals surface area (Å²) in [7, 11) is -5.00. The molecule has 1 aromatic heterocycles. The molecule has 1 aliphatic heterocycles. The van der Waals surface area contributed by atoms with Crippen LogP contribution in [0.1, 0.15) is 117 Å². The number of imidazole rings is 1. The van der Waals surface area contributed by atoms with Crippen molar-refractivity contribution in [1.82, 2.24) is 25.1 Å². The first-order chi connectivity index (χ1) is 28.4. The van der Waals surface area contributed by atoms with E-state index < -0.39 is 86.1 Å². The first-order valence-corrected chi connectivity index (χ1v) is 22.7. The zero-order chi connectivity index (χ0) is 44.4. The lowest BCUT2D eigenvalue weighted by Crippen LogP contribution is -2.52. The molecular weight excluding hydrogens is 793 g/mol. The highest BCUT2D eigenvalue weighted by Gasteiger charge is 2.37. The van der Waals surface area contributed by atoms with Gasteiger partial charge in [-0.25, -0.2) is 9.55 Å². The maximum absolute atomic E-state index is 14.1. The quantitative estimate of drug-likeness (QED) is 0.0597. The van der Waals surface area contributed by atoms with Crippen molar-refractivity contribution >= 4 is 42.9 Å². The number of carbonyl (C=O) groups excluding carboxylic acids is 6. The van der Waals surface area contributed by atoms with Crippen molar-refractivity contribution < 1.29 is 52.7 Å². The Balaban J connectivity index is 1.76. The van der Waals surface area contributed by atoms with Gasteiger partial charge in [-0.3, -0.25) is 33.3 Å². The fourth-order valence-electron chi connectivity index (χ4n) is 7.81. The summed E-state index contributed by atoms with van der Waals surface area (Å²) in [5.41, 5.74) is 2.01. The first-order valence-electron chi connectivity index (χ1n) is 21.2. The van der Waals surface area contributed by atoms with Crippen molar-refractivity contribution in [3.8, 4) is 0 Å². The van der Waals surface area contributed by atoms with Crippen LogP contribution in [0.25, 0.3) is 0 Å². The summed E-state index contributed by atoms with van der Waals surface area (Å²) < 4.78 is 18.0. The third kappa shape index (κ3) is 17.1. The minimum atomic E-state index is -5.00. The molecule has 1 saturated heterocycles. The highest BCUT2D eigenvalue weighted by Crippen LogP contribution is 2.39. The van der Waals surface area contributed by atoms with E-state index in [2.05, 4.69) is 44.4 Å². The summed E-state index contributed by atoms with van der Waals surface area (Å²) in [6.07, 6.45) is 9.77. The van der Waals surface area contributed by atoms with Crippen LogP contribution in [0.15, 0.2) is 42.9 Å². The number of nitrogens with one attached hydrogen (secondary N) is 2. The fourth-order valence-corrected chi connectivity index (χ4v) is 8.39. The summed E-state index contributed by atoms with van der Waals surface area (Å²) in [6.45, 7) is 7.78. The van der Waals surface area contributed by atoms with Crippen molar-refractivity contribution in [1.29, 1.82) is 0 Å². The van der Waals surface area contributed by atoms with E-state index in [0.29, 0.717) is 31.6 Å². The molecule has 0 spiro atoms. The molecule has 0 radical (unpaired) electrons. The smallest absolute Gasteiger partial charge is 0.394 e. The number of Topliss-reactive ketones (excluding diaryl/α,β-unsaturated/α-hetero) is 3. The molecule has 0 unspecified atom stereocenters. The van der Waals surface area contributed by atoms with E-state index >= 15 is 0 Å². The molecule has 0 aliphatic carbocycles. The van der Waals surface area contributed by atoms with Gasteiger partial charge in [0.2, 0.25) is 17.7 Å². The highest BCUT2D eigenvalue weighted by molar-refractivity contribution is 7.46.